The predicted octanol–water partition coefficient (Wildman–Crippen LogP) is 3.33. The smallest absolute Gasteiger partial charge is 0.308 e. The van der Waals surface area contributed by atoms with Crippen molar-refractivity contribution in [3.05, 3.63) is 24.0 Å². The number of hydrogen-bond acceptors (Lipinski definition) is 6. The van der Waals surface area contributed by atoms with Crippen molar-refractivity contribution in [2.24, 2.45) is 11.8 Å². The molecule has 2 aromatic rings. The number of imidazole rings is 1. The lowest BCUT2D eigenvalue weighted by molar-refractivity contribution is -0.146. The van der Waals surface area contributed by atoms with Gasteiger partial charge in [-0.25, -0.2) is 13.4 Å². The van der Waals surface area contributed by atoms with Crippen molar-refractivity contribution in [2.75, 3.05) is 33.4 Å². The molecule has 2 aliphatic heterocycles. The van der Waals surface area contributed by atoms with E-state index in [2.05, 4.69) is 25.3 Å². The van der Waals surface area contributed by atoms with Gasteiger partial charge in [-0.3, -0.25) is 4.79 Å². The summed E-state index contributed by atoms with van der Waals surface area (Å²) in [5.41, 5.74) is 1.51. The first-order chi connectivity index (χ1) is 15.6. The molecular weight excluding hydrogens is 442 g/mol. The maximum absolute atomic E-state index is 13.3. The zero-order valence-electron chi connectivity index (χ0n) is 20.0. The summed E-state index contributed by atoms with van der Waals surface area (Å²) in [6, 6.07) is 5.29. The van der Waals surface area contributed by atoms with Crippen LogP contribution in [0.1, 0.15) is 52.3 Å². The van der Waals surface area contributed by atoms with Crippen molar-refractivity contribution < 1.29 is 22.7 Å². The average molecular weight is 478 g/mol. The summed E-state index contributed by atoms with van der Waals surface area (Å²) in [5.74, 6) is 0.992. The molecule has 0 atom stereocenters. The number of fused-ring (bicyclic) bond motifs is 1. The van der Waals surface area contributed by atoms with Crippen LogP contribution in [0, 0.1) is 11.8 Å². The van der Waals surface area contributed by atoms with Crippen LogP contribution in [0.2, 0.25) is 0 Å². The minimum absolute atomic E-state index is 0.168. The topological polar surface area (TPSA) is 90.7 Å². The first kappa shape index (κ1) is 24.2. The van der Waals surface area contributed by atoms with E-state index < -0.39 is 10.0 Å². The highest BCUT2D eigenvalue weighted by Gasteiger charge is 2.33. The standard InChI is InChI=1S/C24H35N3O5S/c1-24(2,3)23-25-20-15-19(5-6-21(20)27(23)16-17-9-13-32-14-10-17)33(29,30)26-11-7-18(8-12-26)22(28)31-4/h5-6,15,17-18H,7-14,16H2,1-4H3. The highest BCUT2D eigenvalue weighted by Crippen LogP contribution is 2.32. The monoisotopic (exact) mass is 477 g/mol. The molecular formula is C24H35N3O5S. The molecule has 0 saturated carbocycles. The van der Waals surface area contributed by atoms with E-state index >= 15 is 0 Å². The number of carbonyl (C=O) groups is 1. The lowest BCUT2D eigenvalue weighted by Gasteiger charge is -2.29. The van der Waals surface area contributed by atoms with Gasteiger partial charge >= 0.3 is 5.97 Å². The maximum Gasteiger partial charge on any atom is 0.308 e. The number of methoxy groups -OCH3 is 1. The molecule has 3 heterocycles. The number of sulfonamides is 1. The molecule has 2 fully saturated rings. The van der Waals surface area contributed by atoms with Crippen LogP contribution in [0.3, 0.4) is 0 Å². The number of piperidine rings is 1. The number of hydrogen-bond donors (Lipinski definition) is 0. The normalized spacial score (nSPS) is 19.8. The van der Waals surface area contributed by atoms with Crippen LogP contribution >= 0.6 is 0 Å². The Hall–Kier alpha value is -1.97. The second-order valence-electron chi connectivity index (χ2n) is 10.2. The van der Waals surface area contributed by atoms with Crippen LogP contribution < -0.4 is 0 Å². The fraction of sp³-hybridized carbons (Fsp3) is 0.667. The van der Waals surface area contributed by atoms with Crippen molar-refractivity contribution in [3.63, 3.8) is 0 Å². The van der Waals surface area contributed by atoms with Gasteiger partial charge in [0, 0.05) is 38.3 Å². The predicted molar refractivity (Wildman–Crippen MR) is 125 cm³/mol. The molecule has 33 heavy (non-hydrogen) atoms. The van der Waals surface area contributed by atoms with Crippen LogP contribution in [0.4, 0.5) is 0 Å². The summed E-state index contributed by atoms with van der Waals surface area (Å²) in [4.78, 5) is 16.9. The van der Waals surface area contributed by atoms with Crippen molar-refractivity contribution in [1.82, 2.24) is 13.9 Å². The van der Waals surface area contributed by atoms with Crippen molar-refractivity contribution >= 4 is 27.0 Å². The van der Waals surface area contributed by atoms with E-state index in [4.69, 9.17) is 14.5 Å². The van der Waals surface area contributed by atoms with Crippen molar-refractivity contribution in [3.8, 4) is 0 Å². The van der Waals surface area contributed by atoms with Gasteiger partial charge < -0.3 is 14.0 Å². The van der Waals surface area contributed by atoms with E-state index in [1.165, 1.54) is 11.4 Å². The van der Waals surface area contributed by atoms with Gasteiger partial charge in [0.1, 0.15) is 5.82 Å². The SMILES string of the molecule is COC(=O)C1CCN(S(=O)(=O)c2ccc3c(c2)nc(C(C)(C)C)n3CC2CCOCC2)CC1. The molecule has 1 aromatic carbocycles. The number of nitrogens with zero attached hydrogens (tertiary/aromatic N) is 3. The minimum atomic E-state index is -3.66. The summed E-state index contributed by atoms with van der Waals surface area (Å²) in [6.45, 7) is 9.47. The van der Waals surface area contributed by atoms with Crippen molar-refractivity contribution in [1.29, 1.82) is 0 Å². The third kappa shape index (κ3) is 4.95. The maximum atomic E-state index is 13.3. The van der Waals surface area contributed by atoms with E-state index in [1.54, 1.807) is 12.1 Å². The van der Waals surface area contributed by atoms with Crippen LogP contribution in [0.15, 0.2) is 23.1 Å². The summed E-state index contributed by atoms with van der Waals surface area (Å²) in [6.07, 6.45) is 3.00. The zero-order valence-corrected chi connectivity index (χ0v) is 20.9. The van der Waals surface area contributed by atoms with E-state index in [-0.39, 0.29) is 22.2 Å². The Morgan fingerprint density at radius 1 is 1.15 bits per heavy atom. The highest BCUT2D eigenvalue weighted by atomic mass is 32.2. The van der Waals surface area contributed by atoms with Gasteiger partial charge in [0.2, 0.25) is 10.0 Å². The van der Waals surface area contributed by atoms with Crippen LogP contribution in [-0.4, -0.2) is 61.7 Å². The Labute approximate surface area is 196 Å². The van der Waals surface area contributed by atoms with Crippen LogP contribution in [-0.2, 0) is 36.3 Å². The number of esters is 1. The summed E-state index contributed by atoms with van der Waals surface area (Å²) >= 11 is 0. The van der Waals surface area contributed by atoms with Gasteiger partial charge in [-0.15, -0.1) is 0 Å². The minimum Gasteiger partial charge on any atom is -0.469 e. The third-order valence-corrected chi connectivity index (χ3v) is 8.69. The Morgan fingerprint density at radius 2 is 1.82 bits per heavy atom. The molecule has 4 rings (SSSR count). The molecule has 0 unspecified atom stereocenters. The fourth-order valence-electron chi connectivity index (χ4n) is 4.86. The summed E-state index contributed by atoms with van der Waals surface area (Å²) < 4.78 is 40.8. The van der Waals surface area contributed by atoms with Gasteiger partial charge in [0.15, 0.2) is 0 Å². The largest absolute Gasteiger partial charge is 0.469 e. The average Bonchev–Trinajstić information content (AvgIpc) is 3.17. The lowest BCUT2D eigenvalue weighted by Crippen LogP contribution is -2.40. The number of aromatic nitrogens is 2. The molecule has 8 nitrogen and oxygen atoms in total. The van der Waals surface area contributed by atoms with Gasteiger partial charge in [0.05, 0.1) is 29.0 Å². The molecule has 0 amide bonds. The molecule has 0 spiro atoms. The van der Waals surface area contributed by atoms with Crippen LogP contribution in [0.25, 0.3) is 11.0 Å². The number of ether oxygens (including phenoxy) is 2. The van der Waals surface area contributed by atoms with Gasteiger partial charge in [-0.2, -0.15) is 4.31 Å². The Morgan fingerprint density at radius 3 is 2.42 bits per heavy atom. The lowest BCUT2D eigenvalue weighted by atomic mass is 9.94. The van der Waals surface area contributed by atoms with E-state index in [1.807, 2.05) is 6.07 Å². The molecule has 2 aliphatic rings. The summed E-state index contributed by atoms with van der Waals surface area (Å²) in [7, 11) is -2.29. The molecule has 9 heteroatoms. The Bertz CT molecular complexity index is 1110. The third-order valence-electron chi connectivity index (χ3n) is 6.80. The van der Waals surface area contributed by atoms with Crippen molar-refractivity contribution in [2.45, 2.75) is 63.3 Å². The van der Waals surface area contributed by atoms with Gasteiger partial charge in [-0.05, 0) is 49.8 Å². The van der Waals surface area contributed by atoms with E-state index in [0.29, 0.717) is 37.4 Å². The Kier molecular flexibility index (Phi) is 6.85. The van der Waals surface area contributed by atoms with Crippen LogP contribution in [0.5, 0.6) is 0 Å². The summed E-state index contributed by atoms with van der Waals surface area (Å²) in [5, 5.41) is 0. The number of carbonyl (C=O) groups excluding carboxylic acids is 1. The first-order valence-electron chi connectivity index (χ1n) is 11.8. The second-order valence-corrected chi connectivity index (χ2v) is 12.1. The fourth-order valence-corrected chi connectivity index (χ4v) is 6.35. The molecule has 2 saturated heterocycles. The number of rotatable bonds is 5. The molecule has 182 valence electrons. The molecule has 0 aliphatic carbocycles. The molecule has 1 aromatic heterocycles. The van der Waals surface area contributed by atoms with Gasteiger partial charge in [0.25, 0.3) is 0 Å². The van der Waals surface area contributed by atoms with Gasteiger partial charge in [-0.1, -0.05) is 20.8 Å². The second kappa shape index (κ2) is 9.35. The van der Waals surface area contributed by atoms with E-state index in [9.17, 15) is 13.2 Å². The molecule has 0 radical (unpaired) electrons. The number of benzene rings is 1. The molecule has 0 N–H and O–H groups in total. The molecule has 0 bridgehead atoms. The van der Waals surface area contributed by atoms with E-state index in [0.717, 1.165) is 43.9 Å². The Balaban J connectivity index is 1.63. The zero-order chi connectivity index (χ0) is 23.8. The highest BCUT2D eigenvalue weighted by molar-refractivity contribution is 7.89. The first-order valence-corrected chi connectivity index (χ1v) is 13.2. The quantitative estimate of drug-likeness (QED) is 0.614.